The molecule has 0 spiro atoms. The van der Waals surface area contributed by atoms with Crippen LogP contribution in [-0.2, 0) is 24.7 Å². The summed E-state index contributed by atoms with van der Waals surface area (Å²) in [6.07, 6.45) is 0.185. The lowest BCUT2D eigenvalue weighted by Crippen LogP contribution is -3.15. The van der Waals surface area contributed by atoms with Gasteiger partial charge in [0.1, 0.15) is 18.9 Å². The molecule has 1 aromatic rings. The molecule has 0 unspecified atom stereocenters. The minimum Gasteiger partial charge on any atom is -0.375 e. The lowest BCUT2D eigenvalue weighted by Gasteiger charge is -2.39. The van der Waals surface area contributed by atoms with E-state index >= 15 is 0 Å². The second-order valence-electron chi connectivity index (χ2n) is 8.30. The number of nitrogens with one attached hydrogen (secondary N) is 1. The number of nitrogens with zero attached hydrogens (tertiary/aromatic N) is 1. The maximum atomic E-state index is 13.4. The molecule has 4 rings (SSSR count). The number of fused-ring (bicyclic) bond motifs is 1. The molecule has 0 radical (unpaired) electrons. The van der Waals surface area contributed by atoms with Crippen molar-refractivity contribution in [2.75, 3.05) is 44.5 Å². The van der Waals surface area contributed by atoms with E-state index in [1.807, 2.05) is 26.0 Å². The van der Waals surface area contributed by atoms with E-state index < -0.39 is 23.0 Å². The molecule has 1 amide bonds. The lowest BCUT2D eigenvalue weighted by atomic mass is 9.76. The maximum absolute atomic E-state index is 13.4. The zero-order valence-electron chi connectivity index (χ0n) is 15.9. The van der Waals surface area contributed by atoms with Crippen molar-refractivity contribution in [1.82, 2.24) is 0 Å². The second-order valence-corrected chi connectivity index (χ2v) is 8.30. The summed E-state index contributed by atoms with van der Waals surface area (Å²) in [7, 11) is 0. The number of para-hydroxylation sites is 1. The molecule has 0 saturated carbocycles. The van der Waals surface area contributed by atoms with Gasteiger partial charge in [-0.05, 0) is 19.9 Å². The number of morpholine rings is 1. The van der Waals surface area contributed by atoms with Crippen molar-refractivity contribution >= 4 is 17.4 Å². The van der Waals surface area contributed by atoms with Crippen molar-refractivity contribution < 1.29 is 29.1 Å². The molecule has 0 bridgehead atoms. The summed E-state index contributed by atoms with van der Waals surface area (Å²) in [6.45, 7) is 7.14. The predicted octanol–water partition coefficient (Wildman–Crippen LogP) is -0.522. The van der Waals surface area contributed by atoms with Crippen LogP contribution in [-0.4, -0.2) is 62.0 Å². The predicted molar refractivity (Wildman–Crippen MR) is 97.4 cm³/mol. The average molecular weight is 375 g/mol. The number of hydrogen-bond acceptors (Lipinski definition) is 5. The fourth-order valence-corrected chi connectivity index (χ4v) is 4.35. The molecule has 7 nitrogen and oxygen atoms in total. The molecule has 7 heteroatoms. The van der Waals surface area contributed by atoms with Crippen LogP contribution in [0.25, 0.3) is 0 Å². The number of aliphatic hydroxyl groups is 1. The Kier molecular flexibility index (Phi) is 4.58. The molecule has 27 heavy (non-hydrogen) atoms. The van der Waals surface area contributed by atoms with E-state index in [0.717, 1.165) is 13.1 Å². The topological polar surface area (TPSA) is 80.5 Å². The van der Waals surface area contributed by atoms with Crippen LogP contribution in [0.2, 0.25) is 0 Å². The summed E-state index contributed by atoms with van der Waals surface area (Å²) in [6, 6.07) is 7.22. The normalized spacial score (nSPS) is 31.2. The Morgan fingerprint density at radius 1 is 1.22 bits per heavy atom. The number of ether oxygens (including phenoxy) is 2. The molecule has 0 aliphatic carbocycles. The smallest absolute Gasteiger partial charge is 0.268 e. The molecule has 2 atom stereocenters. The highest BCUT2D eigenvalue weighted by Crippen LogP contribution is 2.46. The van der Waals surface area contributed by atoms with Crippen molar-refractivity contribution in [3.63, 3.8) is 0 Å². The highest BCUT2D eigenvalue weighted by atomic mass is 16.5. The number of carbonyl (C=O) groups is 2. The quantitative estimate of drug-likeness (QED) is 0.743. The first-order chi connectivity index (χ1) is 12.8. The second kappa shape index (κ2) is 6.67. The fraction of sp³-hybridized carbons (Fsp3) is 0.600. The van der Waals surface area contributed by atoms with E-state index in [2.05, 4.69) is 0 Å². The number of ketones is 1. The van der Waals surface area contributed by atoms with E-state index in [1.165, 1.54) is 4.90 Å². The number of hydrogen-bond donors (Lipinski definition) is 2. The molecule has 3 heterocycles. The number of Topliss-reactive ketones (excluding diaryl/α,β-unsaturated/α-hetero) is 1. The van der Waals surface area contributed by atoms with Crippen molar-refractivity contribution in [2.45, 2.75) is 31.5 Å². The van der Waals surface area contributed by atoms with Gasteiger partial charge in [-0.3, -0.25) is 14.5 Å². The van der Waals surface area contributed by atoms with Crippen molar-refractivity contribution in [2.24, 2.45) is 5.92 Å². The fourth-order valence-electron chi connectivity index (χ4n) is 4.35. The van der Waals surface area contributed by atoms with Crippen LogP contribution in [0.1, 0.15) is 25.8 Å². The van der Waals surface area contributed by atoms with Gasteiger partial charge in [-0.25, -0.2) is 0 Å². The summed E-state index contributed by atoms with van der Waals surface area (Å²) in [5.41, 5.74) is -1.25. The highest BCUT2D eigenvalue weighted by molar-refractivity contribution is 6.09. The molecular weight excluding hydrogens is 348 g/mol. The van der Waals surface area contributed by atoms with Crippen LogP contribution >= 0.6 is 0 Å². The SMILES string of the molecule is CC1(C)CC(=O)[C@@H]([C@]2(O)C(=O)N(C[NH+]3CCOCC3)c3ccccc32)CO1. The van der Waals surface area contributed by atoms with Gasteiger partial charge in [0.2, 0.25) is 0 Å². The van der Waals surface area contributed by atoms with Crippen LogP contribution in [0.3, 0.4) is 0 Å². The highest BCUT2D eigenvalue weighted by Gasteiger charge is 2.59. The molecule has 146 valence electrons. The first kappa shape index (κ1) is 18.6. The molecule has 0 aromatic heterocycles. The summed E-state index contributed by atoms with van der Waals surface area (Å²) in [4.78, 5) is 29.1. The van der Waals surface area contributed by atoms with Gasteiger partial charge >= 0.3 is 0 Å². The number of quaternary nitrogens is 1. The Bertz CT molecular complexity index is 758. The summed E-state index contributed by atoms with van der Waals surface area (Å²) < 4.78 is 11.2. The number of benzene rings is 1. The van der Waals surface area contributed by atoms with Gasteiger partial charge in [-0.15, -0.1) is 0 Å². The van der Waals surface area contributed by atoms with Gasteiger partial charge in [0, 0.05) is 12.0 Å². The minimum absolute atomic E-state index is 0.0423. The summed E-state index contributed by atoms with van der Waals surface area (Å²) in [5.74, 6) is -1.44. The number of anilines is 1. The molecule has 1 aromatic carbocycles. The molecule has 3 aliphatic heterocycles. The third kappa shape index (κ3) is 3.08. The Balaban J connectivity index is 1.67. The van der Waals surface area contributed by atoms with Crippen LogP contribution < -0.4 is 9.80 Å². The Morgan fingerprint density at radius 3 is 2.63 bits per heavy atom. The zero-order valence-corrected chi connectivity index (χ0v) is 15.9. The number of amides is 1. The van der Waals surface area contributed by atoms with Gasteiger partial charge in [-0.2, -0.15) is 0 Å². The Hall–Kier alpha value is -1.80. The monoisotopic (exact) mass is 375 g/mol. The molecule has 2 fully saturated rings. The largest absolute Gasteiger partial charge is 0.375 e. The van der Waals surface area contributed by atoms with Gasteiger partial charge in [0.15, 0.2) is 12.3 Å². The van der Waals surface area contributed by atoms with E-state index in [0.29, 0.717) is 31.1 Å². The van der Waals surface area contributed by atoms with Crippen LogP contribution in [0.5, 0.6) is 0 Å². The van der Waals surface area contributed by atoms with Gasteiger partial charge in [0.25, 0.3) is 5.91 Å². The van der Waals surface area contributed by atoms with Crippen molar-refractivity contribution in [3.8, 4) is 0 Å². The van der Waals surface area contributed by atoms with Gasteiger partial charge in [-0.1, -0.05) is 18.2 Å². The lowest BCUT2D eigenvalue weighted by molar-refractivity contribution is -0.906. The maximum Gasteiger partial charge on any atom is 0.268 e. The van der Waals surface area contributed by atoms with Crippen LogP contribution in [0.4, 0.5) is 5.69 Å². The van der Waals surface area contributed by atoms with Gasteiger partial charge < -0.3 is 19.5 Å². The van der Waals surface area contributed by atoms with E-state index in [1.54, 1.807) is 17.0 Å². The number of carbonyl (C=O) groups excluding carboxylic acids is 2. The van der Waals surface area contributed by atoms with Gasteiger partial charge in [0.05, 0.1) is 37.0 Å². The van der Waals surface area contributed by atoms with E-state index in [9.17, 15) is 14.7 Å². The minimum atomic E-state index is -1.87. The first-order valence-corrected chi connectivity index (χ1v) is 9.55. The van der Waals surface area contributed by atoms with Crippen LogP contribution in [0, 0.1) is 5.92 Å². The molecule has 3 aliphatic rings. The summed E-state index contributed by atoms with van der Waals surface area (Å²) in [5, 5.41) is 11.6. The molecule has 2 N–H and O–H groups in total. The zero-order chi connectivity index (χ0) is 19.2. The van der Waals surface area contributed by atoms with E-state index in [4.69, 9.17) is 9.47 Å². The van der Waals surface area contributed by atoms with Crippen molar-refractivity contribution in [1.29, 1.82) is 0 Å². The summed E-state index contributed by atoms with van der Waals surface area (Å²) >= 11 is 0. The van der Waals surface area contributed by atoms with Crippen LogP contribution in [0.15, 0.2) is 24.3 Å². The first-order valence-electron chi connectivity index (χ1n) is 9.55. The standard InChI is InChI=1S/C20H26N2O5/c1-19(2)11-17(23)15(12-27-19)20(25)14-5-3-4-6-16(14)22(18(20)24)13-21-7-9-26-10-8-21/h3-6,15,25H,7-13H2,1-2H3/p+1/t15-,20-/m0/s1. The third-order valence-corrected chi connectivity index (χ3v) is 5.89. The average Bonchev–Trinajstić information content (AvgIpc) is 2.85. The Morgan fingerprint density at radius 2 is 1.93 bits per heavy atom. The molecular formula is C20H27N2O5+. The van der Waals surface area contributed by atoms with Crippen molar-refractivity contribution in [3.05, 3.63) is 29.8 Å². The third-order valence-electron chi connectivity index (χ3n) is 5.89. The Labute approximate surface area is 158 Å². The van der Waals surface area contributed by atoms with E-state index in [-0.39, 0.29) is 18.8 Å². The molecule has 2 saturated heterocycles. The number of rotatable bonds is 3.